The Morgan fingerprint density at radius 1 is 1.06 bits per heavy atom. The number of halogens is 3. The number of unbranched alkanes of at least 4 members (excludes halogenated alkanes) is 3. The molecule has 0 fully saturated rings. The number of para-hydroxylation sites is 1. The number of nitrogens with one attached hydrogen (secondary N) is 1. The highest BCUT2D eigenvalue weighted by molar-refractivity contribution is 5.86. The second-order valence-corrected chi connectivity index (χ2v) is 8.00. The fourth-order valence-corrected chi connectivity index (χ4v) is 4.03. The summed E-state index contributed by atoms with van der Waals surface area (Å²) in [4.78, 5) is 12.7. The Labute approximate surface area is 181 Å². The SMILES string of the molecule is CCCCCCNC(=O)CC(c1cccc(C(F)(F)F)c1)c1cn(C)c2ccccc12. The smallest absolute Gasteiger partial charge is 0.356 e. The number of amides is 1. The fourth-order valence-electron chi connectivity index (χ4n) is 4.03. The number of rotatable bonds is 9. The maximum atomic E-state index is 13.3. The molecule has 6 heteroatoms. The predicted molar refractivity (Wildman–Crippen MR) is 118 cm³/mol. The molecule has 166 valence electrons. The third-order valence-electron chi connectivity index (χ3n) is 5.66. The Morgan fingerprint density at radius 2 is 1.84 bits per heavy atom. The van der Waals surface area contributed by atoms with Gasteiger partial charge in [0, 0.05) is 43.0 Å². The first-order chi connectivity index (χ1) is 14.8. The van der Waals surface area contributed by atoms with Crippen LogP contribution in [0.15, 0.2) is 54.7 Å². The van der Waals surface area contributed by atoms with Crippen LogP contribution in [0.25, 0.3) is 10.9 Å². The molecule has 1 atom stereocenters. The number of fused-ring (bicyclic) bond motifs is 1. The van der Waals surface area contributed by atoms with Gasteiger partial charge in [0.15, 0.2) is 0 Å². The molecule has 2 aromatic carbocycles. The Morgan fingerprint density at radius 3 is 2.58 bits per heavy atom. The summed E-state index contributed by atoms with van der Waals surface area (Å²) in [6, 6.07) is 13.1. The van der Waals surface area contributed by atoms with Crippen molar-refractivity contribution in [2.24, 2.45) is 7.05 Å². The van der Waals surface area contributed by atoms with Gasteiger partial charge >= 0.3 is 6.18 Å². The minimum atomic E-state index is -4.43. The molecule has 0 bridgehead atoms. The third kappa shape index (κ3) is 5.69. The van der Waals surface area contributed by atoms with E-state index < -0.39 is 17.7 Å². The number of hydrogen-bond acceptors (Lipinski definition) is 1. The lowest BCUT2D eigenvalue weighted by Crippen LogP contribution is -2.26. The zero-order chi connectivity index (χ0) is 22.4. The molecule has 0 aliphatic carbocycles. The standard InChI is InChI=1S/C25H29F3N2O/c1-3-4-5-8-14-29-24(31)16-21(18-10-9-11-19(15-18)25(26,27)28)22-17-30(2)23-13-7-6-12-20(22)23/h6-7,9-13,15,17,21H,3-5,8,14,16H2,1-2H3,(H,29,31). The molecule has 0 spiro atoms. The number of carbonyl (C=O) groups is 1. The van der Waals surface area contributed by atoms with E-state index in [2.05, 4.69) is 12.2 Å². The van der Waals surface area contributed by atoms with E-state index in [9.17, 15) is 18.0 Å². The Kier molecular flexibility index (Phi) is 7.42. The number of nitrogens with zero attached hydrogens (tertiary/aromatic N) is 1. The van der Waals surface area contributed by atoms with Crippen LogP contribution in [0.3, 0.4) is 0 Å². The van der Waals surface area contributed by atoms with Gasteiger partial charge in [-0.2, -0.15) is 13.2 Å². The van der Waals surface area contributed by atoms with Crippen molar-refractivity contribution in [3.63, 3.8) is 0 Å². The summed E-state index contributed by atoms with van der Waals surface area (Å²) < 4.78 is 42.0. The summed E-state index contributed by atoms with van der Waals surface area (Å²) in [7, 11) is 1.91. The Bertz CT molecular complexity index is 1020. The number of aryl methyl sites for hydroxylation is 1. The van der Waals surface area contributed by atoms with E-state index in [1.54, 1.807) is 6.07 Å². The molecule has 3 nitrogen and oxygen atoms in total. The number of carbonyl (C=O) groups excluding carboxylic acids is 1. The van der Waals surface area contributed by atoms with Crippen molar-refractivity contribution >= 4 is 16.8 Å². The van der Waals surface area contributed by atoms with Gasteiger partial charge in [-0.1, -0.05) is 62.6 Å². The minimum absolute atomic E-state index is 0.100. The highest BCUT2D eigenvalue weighted by Crippen LogP contribution is 2.37. The maximum absolute atomic E-state index is 13.3. The first kappa shape index (κ1) is 22.9. The van der Waals surface area contributed by atoms with E-state index in [-0.39, 0.29) is 12.3 Å². The Hall–Kier alpha value is -2.76. The topological polar surface area (TPSA) is 34.0 Å². The van der Waals surface area contributed by atoms with Crippen molar-refractivity contribution in [1.82, 2.24) is 9.88 Å². The summed E-state index contributed by atoms with van der Waals surface area (Å²) in [5, 5.41) is 3.89. The molecule has 1 unspecified atom stereocenters. The van der Waals surface area contributed by atoms with Gasteiger partial charge in [-0.05, 0) is 29.7 Å². The summed E-state index contributed by atoms with van der Waals surface area (Å²) in [6.07, 6.45) is 1.79. The molecule has 0 radical (unpaired) electrons. The van der Waals surface area contributed by atoms with Crippen LogP contribution in [0.1, 0.15) is 61.6 Å². The van der Waals surface area contributed by atoms with E-state index in [0.717, 1.165) is 48.2 Å². The zero-order valence-electron chi connectivity index (χ0n) is 18.0. The normalized spacial score (nSPS) is 12.8. The lowest BCUT2D eigenvalue weighted by molar-refractivity contribution is -0.137. The minimum Gasteiger partial charge on any atom is -0.356 e. The monoisotopic (exact) mass is 430 g/mol. The molecule has 0 saturated carbocycles. The Balaban J connectivity index is 1.92. The van der Waals surface area contributed by atoms with Crippen LogP contribution in [0.2, 0.25) is 0 Å². The van der Waals surface area contributed by atoms with Crippen LogP contribution in [0.4, 0.5) is 13.2 Å². The zero-order valence-corrected chi connectivity index (χ0v) is 18.0. The van der Waals surface area contributed by atoms with E-state index in [1.165, 1.54) is 12.1 Å². The lowest BCUT2D eigenvalue weighted by Gasteiger charge is -2.19. The number of benzene rings is 2. The quantitative estimate of drug-likeness (QED) is 0.391. The van der Waals surface area contributed by atoms with Gasteiger partial charge in [-0.15, -0.1) is 0 Å². The molecular weight excluding hydrogens is 401 g/mol. The van der Waals surface area contributed by atoms with Crippen molar-refractivity contribution in [2.75, 3.05) is 6.54 Å². The van der Waals surface area contributed by atoms with E-state index in [1.807, 2.05) is 42.1 Å². The number of aromatic nitrogens is 1. The molecule has 1 amide bonds. The average molecular weight is 431 g/mol. The first-order valence-electron chi connectivity index (χ1n) is 10.8. The van der Waals surface area contributed by atoms with Crippen LogP contribution in [-0.2, 0) is 18.0 Å². The lowest BCUT2D eigenvalue weighted by atomic mass is 9.87. The van der Waals surface area contributed by atoms with E-state index in [4.69, 9.17) is 0 Å². The molecule has 0 aliphatic heterocycles. The maximum Gasteiger partial charge on any atom is 0.416 e. The molecule has 1 aromatic heterocycles. The van der Waals surface area contributed by atoms with Gasteiger partial charge < -0.3 is 9.88 Å². The van der Waals surface area contributed by atoms with Crippen LogP contribution >= 0.6 is 0 Å². The molecule has 0 aliphatic rings. The second kappa shape index (κ2) is 10.0. The largest absolute Gasteiger partial charge is 0.416 e. The molecule has 3 aromatic rings. The van der Waals surface area contributed by atoms with E-state index >= 15 is 0 Å². The average Bonchev–Trinajstić information content (AvgIpc) is 3.08. The van der Waals surface area contributed by atoms with Gasteiger partial charge in [-0.3, -0.25) is 4.79 Å². The van der Waals surface area contributed by atoms with Crippen molar-refractivity contribution in [3.05, 3.63) is 71.4 Å². The van der Waals surface area contributed by atoms with Gasteiger partial charge in [0.05, 0.1) is 5.56 Å². The van der Waals surface area contributed by atoms with Gasteiger partial charge in [0.25, 0.3) is 0 Å². The fraction of sp³-hybridized carbons (Fsp3) is 0.400. The summed E-state index contributed by atoms with van der Waals surface area (Å²) in [5.74, 6) is -0.615. The molecule has 3 rings (SSSR count). The molecule has 0 saturated heterocycles. The van der Waals surface area contributed by atoms with Gasteiger partial charge in [-0.25, -0.2) is 0 Å². The molecule has 31 heavy (non-hydrogen) atoms. The van der Waals surface area contributed by atoms with Crippen molar-refractivity contribution < 1.29 is 18.0 Å². The highest BCUT2D eigenvalue weighted by Gasteiger charge is 2.32. The highest BCUT2D eigenvalue weighted by atomic mass is 19.4. The molecular formula is C25H29F3N2O. The first-order valence-corrected chi connectivity index (χ1v) is 10.8. The predicted octanol–water partition coefficient (Wildman–Crippen LogP) is 6.42. The van der Waals surface area contributed by atoms with Crippen LogP contribution < -0.4 is 5.32 Å². The summed E-state index contributed by atoms with van der Waals surface area (Å²) in [6.45, 7) is 2.71. The molecule has 1 heterocycles. The number of hydrogen-bond donors (Lipinski definition) is 1. The van der Waals surface area contributed by atoms with E-state index in [0.29, 0.717) is 12.1 Å². The van der Waals surface area contributed by atoms with Crippen LogP contribution in [-0.4, -0.2) is 17.0 Å². The third-order valence-corrected chi connectivity index (χ3v) is 5.66. The van der Waals surface area contributed by atoms with Crippen LogP contribution in [0, 0.1) is 0 Å². The van der Waals surface area contributed by atoms with Crippen molar-refractivity contribution in [3.8, 4) is 0 Å². The van der Waals surface area contributed by atoms with Crippen LogP contribution in [0.5, 0.6) is 0 Å². The molecule has 1 N–H and O–H groups in total. The summed E-state index contributed by atoms with van der Waals surface area (Å²) >= 11 is 0. The summed E-state index contributed by atoms with van der Waals surface area (Å²) in [5.41, 5.74) is 1.63. The van der Waals surface area contributed by atoms with Crippen molar-refractivity contribution in [1.29, 1.82) is 0 Å². The second-order valence-electron chi connectivity index (χ2n) is 8.00. The van der Waals surface area contributed by atoms with Gasteiger partial charge in [0.2, 0.25) is 5.91 Å². The number of alkyl halides is 3. The van der Waals surface area contributed by atoms with Crippen molar-refractivity contribution in [2.45, 2.75) is 51.1 Å². The van der Waals surface area contributed by atoms with Gasteiger partial charge in [0.1, 0.15) is 0 Å².